The van der Waals surface area contributed by atoms with Crippen molar-refractivity contribution >= 4 is 44.3 Å². The molecule has 0 aliphatic rings. The number of aryl methyl sites for hydroxylation is 1. The minimum Gasteiger partial charge on any atom is -0.362 e. The van der Waals surface area contributed by atoms with Gasteiger partial charge in [0.25, 0.3) is 0 Å². The van der Waals surface area contributed by atoms with E-state index in [4.69, 9.17) is 9.97 Å². The van der Waals surface area contributed by atoms with Crippen molar-refractivity contribution < 1.29 is 4.57 Å². The SMILES string of the molecule is CCCNc1ncc(-c2cccnc2-c2csc(-[n+]3cc(-c4cccnc4-c4cnccc4C)sc3NCCC)c2)s1. The molecule has 0 amide bonds. The highest BCUT2D eigenvalue weighted by Crippen LogP contribution is 2.39. The molecule has 0 spiro atoms. The maximum absolute atomic E-state index is 4.81. The predicted molar refractivity (Wildman–Crippen MR) is 177 cm³/mol. The van der Waals surface area contributed by atoms with Crippen LogP contribution >= 0.6 is 34.0 Å². The van der Waals surface area contributed by atoms with Crippen LogP contribution in [-0.2, 0) is 0 Å². The number of rotatable bonds is 11. The van der Waals surface area contributed by atoms with E-state index < -0.39 is 0 Å². The number of anilines is 2. The van der Waals surface area contributed by atoms with Crippen LogP contribution < -0.4 is 15.2 Å². The van der Waals surface area contributed by atoms with Gasteiger partial charge in [0.05, 0.1) is 27.7 Å². The van der Waals surface area contributed by atoms with Crippen molar-refractivity contribution in [3.05, 3.63) is 84.5 Å². The van der Waals surface area contributed by atoms with Crippen molar-refractivity contribution in [2.75, 3.05) is 23.7 Å². The van der Waals surface area contributed by atoms with E-state index >= 15 is 0 Å². The van der Waals surface area contributed by atoms with Gasteiger partial charge in [0.15, 0.2) is 10.1 Å². The third-order valence-corrected chi connectivity index (χ3v) is 9.76. The quantitative estimate of drug-likeness (QED) is 0.144. The highest BCUT2D eigenvalue weighted by Gasteiger charge is 2.23. The molecule has 10 heteroatoms. The molecule has 0 fully saturated rings. The Hall–Kier alpha value is -3.99. The van der Waals surface area contributed by atoms with Crippen molar-refractivity contribution in [3.63, 3.8) is 0 Å². The summed E-state index contributed by atoms with van der Waals surface area (Å²) in [7, 11) is 0. The van der Waals surface area contributed by atoms with E-state index in [0.29, 0.717) is 0 Å². The fourth-order valence-electron chi connectivity index (χ4n) is 4.65. The summed E-state index contributed by atoms with van der Waals surface area (Å²) >= 11 is 5.13. The van der Waals surface area contributed by atoms with Crippen LogP contribution in [0.25, 0.3) is 48.4 Å². The van der Waals surface area contributed by atoms with Crippen LogP contribution in [0.1, 0.15) is 32.3 Å². The molecule has 0 unspecified atom stereocenters. The average Bonchev–Trinajstić information content (AvgIpc) is 3.79. The van der Waals surface area contributed by atoms with E-state index in [1.165, 1.54) is 0 Å². The molecule has 6 heterocycles. The van der Waals surface area contributed by atoms with Gasteiger partial charge in [-0.15, -0.1) is 11.3 Å². The number of nitrogens with zero attached hydrogens (tertiary/aromatic N) is 5. The summed E-state index contributed by atoms with van der Waals surface area (Å²) < 4.78 is 2.26. The second-order valence-electron chi connectivity index (χ2n) is 9.82. The monoisotopic (exact) mass is 610 g/mol. The Morgan fingerprint density at radius 2 is 1.55 bits per heavy atom. The first kappa shape index (κ1) is 28.1. The highest BCUT2D eigenvalue weighted by molar-refractivity contribution is 7.19. The molecule has 0 saturated heterocycles. The van der Waals surface area contributed by atoms with Gasteiger partial charge in [-0.3, -0.25) is 20.3 Å². The molecule has 6 aromatic heterocycles. The van der Waals surface area contributed by atoms with Gasteiger partial charge < -0.3 is 5.32 Å². The molecule has 0 radical (unpaired) electrons. The van der Waals surface area contributed by atoms with Crippen molar-refractivity contribution in [3.8, 4) is 48.4 Å². The van der Waals surface area contributed by atoms with Crippen molar-refractivity contribution in [1.29, 1.82) is 0 Å². The number of aromatic nitrogens is 5. The minimum absolute atomic E-state index is 0.893. The first-order chi connectivity index (χ1) is 20.7. The molecule has 0 saturated carbocycles. The van der Waals surface area contributed by atoms with Gasteiger partial charge in [0.2, 0.25) is 0 Å². The van der Waals surface area contributed by atoms with Gasteiger partial charge in [-0.1, -0.05) is 25.2 Å². The number of hydrogen-bond acceptors (Lipinski definition) is 9. The molecule has 0 aromatic carbocycles. The lowest BCUT2D eigenvalue weighted by molar-refractivity contribution is -0.571. The number of pyridine rings is 3. The zero-order valence-corrected chi connectivity index (χ0v) is 26.2. The Morgan fingerprint density at radius 1 is 0.786 bits per heavy atom. The van der Waals surface area contributed by atoms with Crippen LogP contribution in [0.5, 0.6) is 0 Å². The third kappa shape index (κ3) is 5.83. The summed E-state index contributed by atoms with van der Waals surface area (Å²) in [6.45, 7) is 8.25. The Kier molecular flexibility index (Phi) is 8.64. The minimum atomic E-state index is 0.893. The van der Waals surface area contributed by atoms with Gasteiger partial charge in [-0.05, 0) is 67.0 Å². The molecular weight excluding hydrogens is 579 g/mol. The van der Waals surface area contributed by atoms with E-state index in [9.17, 15) is 0 Å². The summed E-state index contributed by atoms with van der Waals surface area (Å²) in [5.41, 5.74) is 7.40. The van der Waals surface area contributed by atoms with Crippen LogP contribution in [0.3, 0.4) is 0 Å². The smallest absolute Gasteiger partial charge is 0.340 e. The molecule has 42 heavy (non-hydrogen) atoms. The number of thiophene rings is 1. The lowest BCUT2D eigenvalue weighted by atomic mass is 10.0. The van der Waals surface area contributed by atoms with Gasteiger partial charge in [-0.2, -0.15) is 4.57 Å². The van der Waals surface area contributed by atoms with E-state index in [2.05, 4.69) is 75.7 Å². The van der Waals surface area contributed by atoms with E-state index in [0.717, 1.165) is 90.2 Å². The van der Waals surface area contributed by atoms with Crippen LogP contribution in [-0.4, -0.2) is 33.0 Å². The summed E-state index contributed by atoms with van der Waals surface area (Å²) in [6, 6.07) is 12.5. The van der Waals surface area contributed by atoms with Gasteiger partial charge in [-0.25, -0.2) is 4.98 Å². The second-order valence-corrected chi connectivity index (χ2v) is 12.8. The number of nitrogens with one attached hydrogen (secondary N) is 2. The van der Waals surface area contributed by atoms with Crippen molar-refractivity contribution in [1.82, 2.24) is 19.9 Å². The van der Waals surface area contributed by atoms with Crippen LogP contribution in [0.4, 0.5) is 10.3 Å². The maximum atomic E-state index is 4.81. The Bertz CT molecular complexity index is 1800. The summed E-state index contributed by atoms with van der Waals surface area (Å²) in [5, 5.41) is 12.4. The topological polar surface area (TPSA) is 79.5 Å². The molecule has 6 aromatic rings. The predicted octanol–water partition coefficient (Wildman–Crippen LogP) is 8.35. The highest BCUT2D eigenvalue weighted by atomic mass is 32.1. The Balaban J connectivity index is 1.38. The molecule has 0 aliphatic heterocycles. The molecular formula is C32H32N7S3+. The standard InChI is InChI=1S/C32H31N7S3/c1-4-11-36-31-38-18-26(41-31)23-8-6-13-34-29(23)22-16-28(40-20-22)39-19-27(42-32(39)37-12-5-2)24-9-7-14-35-30(24)25-17-33-15-10-21(25)3/h6-10,13-20H,4-5,11-12H2,1-3H3,(H,36,38)/p+1. The van der Waals surface area contributed by atoms with E-state index in [1.807, 2.05) is 49.2 Å². The summed E-state index contributed by atoms with van der Waals surface area (Å²) in [5.74, 6) is 0. The number of thiazole rings is 2. The van der Waals surface area contributed by atoms with Crippen molar-refractivity contribution in [2.45, 2.75) is 33.6 Å². The Morgan fingerprint density at radius 3 is 2.33 bits per heavy atom. The van der Waals surface area contributed by atoms with Crippen LogP contribution in [0.2, 0.25) is 0 Å². The second kappa shape index (κ2) is 12.9. The molecule has 0 bridgehead atoms. The average molecular weight is 611 g/mol. The van der Waals surface area contributed by atoms with Gasteiger partial charge >= 0.3 is 5.13 Å². The molecule has 0 atom stereocenters. The zero-order chi connectivity index (χ0) is 28.9. The normalized spacial score (nSPS) is 11.1. The third-order valence-electron chi connectivity index (χ3n) is 6.77. The molecule has 7 nitrogen and oxygen atoms in total. The van der Waals surface area contributed by atoms with Gasteiger partial charge in [0.1, 0.15) is 6.20 Å². The first-order valence-electron chi connectivity index (χ1n) is 14.1. The maximum Gasteiger partial charge on any atom is 0.340 e. The largest absolute Gasteiger partial charge is 0.362 e. The van der Waals surface area contributed by atoms with Gasteiger partial charge in [0, 0.05) is 71.2 Å². The fourth-order valence-corrected chi connectivity index (χ4v) is 7.52. The fraction of sp³-hybridized carbons (Fsp3) is 0.219. The van der Waals surface area contributed by atoms with Crippen molar-refractivity contribution in [2.24, 2.45) is 0 Å². The number of hydrogen-bond donors (Lipinski definition) is 2. The first-order valence-corrected chi connectivity index (χ1v) is 16.6. The van der Waals surface area contributed by atoms with E-state index in [1.54, 1.807) is 34.0 Å². The van der Waals surface area contributed by atoms with Crippen LogP contribution in [0, 0.1) is 6.92 Å². The summed E-state index contributed by atoms with van der Waals surface area (Å²) in [4.78, 5) is 20.8. The lowest BCUT2D eigenvalue weighted by Gasteiger charge is -2.08. The molecule has 212 valence electrons. The lowest BCUT2D eigenvalue weighted by Crippen LogP contribution is -2.30. The summed E-state index contributed by atoms with van der Waals surface area (Å²) in [6.07, 6.45) is 13.7. The molecule has 2 N–H and O–H groups in total. The van der Waals surface area contributed by atoms with E-state index in [-0.39, 0.29) is 0 Å². The Labute approximate surface area is 258 Å². The molecule has 0 aliphatic carbocycles. The molecule has 6 rings (SSSR count). The van der Waals surface area contributed by atoms with Crippen LogP contribution in [0.15, 0.2) is 79.0 Å². The zero-order valence-electron chi connectivity index (χ0n) is 23.8.